The third kappa shape index (κ3) is 2.74. The minimum absolute atomic E-state index is 0.138. The van der Waals surface area contributed by atoms with Crippen LogP contribution in [0.2, 0.25) is 5.02 Å². The van der Waals surface area contributed by atoms with Crippen LogP contribution < -0.4 is 15.4 Å². The highest BCUT2D eigenvalue weighted by atomic mass is 35.5. The molecule has 1 saturated heterocycles. The monoisotopic (exact) mass is 443 g/mol. The van der Waals surface area contributed by atoms with Crippen molar-refractivity contribution in [2.45, 2.75) is 0 Å². The second kappa shape index (κ2) is 7.17. The highest BCUT2D eigenvalue weighted by Gasteiger charge is 2.36. The molecule has 4 aromatic rings. The fourth-order valence-corrected chi connectivity index (χ4v) is 4.87. The Morgan fingerprint density at radius 3 is 2.38 bits per heavy atom. The molecule has 6 rings (SSSR count). The summed E-state index contributed by atoms with van der Waals surface area (Å²) >= 11 is 6.62. The average molecular weight is 444 g/mol. The molecular formula is C24H18ClN5O2. The highest BCUT2D eigenvalue weighted by Crippen LogP contribution is 2.39. The third-order valence-corrected chi connectivity index (χ3v) is 6.43. The molecule has 2 aliphatic rings. The molecule has 2 aliphatic heterocycles. The van der Waals surface area contributed by atoms with Gasteiger partial charge < -0.3 is 9.80 Å². The number of anilines is 2. The van der Waals surface area contributed by atoms with Crippen LogP contribution in [0.25, 0.3) is 16.6 Å². The molecule has 0 aliphatic carbocycles. The maximum atomic E-state index is 13.5. The van der Waals surface area contributed by atoms with Gasteiger partial charge in [-0.25, -0.2) is 9.97 Å². The summed E-state index contributed by atoms with van der Waals surface area (Å²) < 4.78 is 1.42. The number of piperazine rings is 1. The van der Waals surface area contributed by atoms with Gasteiger partial charge >= 0.3 is 0 Å². The molecule has 0 amide bonds. The number of halogens is 1. The normalized spacial score (nSPS) is 15.2. The number of carbonyl (C=O) groups excluding carboxylic acids is 1. The van der Waals surface area contributed by atoms with Crippen molar-refractivity contribution in [1.82, 2.24) is 14.5 Å². The number of rotatable bonds is 2. The zero-order valence-electron chi connectivity index (χ0n) is 17.0. The molecule has 158 valence electrons. The fourth-order valence-electron chi connectivity index (χ4n) is 4.59. The van der Waals surface area contributed by atoms with E-state index >= 15 is 0 Å². The molecule has 2 aromatic carbocycles. The molecule has 0 spiro atoms. The Hall–Kier alpha value is -3.71. The number of fused-ring (bicyclic) bond motifs is 4. The summed E-state index contributed by atoms with van der Waals surface area (Å²) in [5.41, 5.74) is 1.93. The number of nitrogens with zero attached hydrogens (tertiary/aromatic N) is 5. The summed E-state index contributed by atoms with van der Waals surface area (Å²) in [4.78, 5) is 39.9. The van der Waals surface area contributed by atoms with E-state index in [0.717, 1.165) is 18.9 Å². The molecule has 0 saturated carbocycles. The van der Waals surface area contributed by atoms with Crippen LogP contribution in [-0.2, 0) is 0 Å². The first-order chi connectivity index (χ1) is 15.6. The second-order valence-corrected chi connectivity index (χ2v) is 8.28. The van der Waals surface area contributed by atoms with Gasteiger partial charge in [-0.05, 0) is 36.4 Å². The first-order valence-electron chi connectivity index (χ1n) is 10.4. The molecule has 4 heterocycles. The Bertz CT molecular complexity index is 1440. The maximum absolute atomic E-state index is 13.5. The lowest BCUT2D eigenvalue weighted by Crippen LogP contribution is -2.47. The number of carbonyl (C=O) groups is 1. The van der Waals surface area contributed by atoms with Crippen LogP contribution in [-0.4, -0.2) is 46.5 Å². The molecular weight excluding hydrogens is 426 g/mol. The largest absolute Gasteiger partial charge is 0.366 e. The fraction of sp³-hybridized carbons (Fsp3) is 0.167. The highest BCUT2D eigenvalue weighted by molar-refractivity contribution is 6.35. The standard InChI is InChI=1S/C24H18ClN5O2/c25-16-8-9-18-20(21(16)29-13-11-28(12-14-29)19-7-3-4-10-26-19)22(31)23-27-17-6-2-1-5-15(17)24(32)30(18)23/h1-10H,11-14H2. The van der Waals surface area contributed by atoms with E-state index in [4.69, 9.17) is 11.6 Å². The summed E-state index contributed by atoms with van der Waals surface area (Å²) in [5, 5.41) is 0.978. The Balaban J connectivity index is 1.42. The first-order valence-corrected chi connectivity index (χ1v) is 10.8. The van der Waals surface area contributed by atoms with Crippen LogP contribution in [0.4, 0.5) is 11.5 Å². The van der Waals surface area contributed by atoms with Gasteiger partial charge in [-0.3, -0.25) is 14.2 Å². The summed E-state index contributed by atoms with van der Waals surface area (Å²) in [7, 11) is 0. The lowest BCUT2D eigenvalue weighted by Gasteiger charge is -2.37. The summed E-state index contributed by atoms with van der Waals surface area (Å²) in [6.07, 6.45) is 1.78. The van der Waals surface area contributed by atoms with E-state index in [1.54, 1.807) is 36.5 Å². The summed E-state index contributed by atoms with van der Waals surface area (Å²) in [6, 6.07) is 16.4. The first kappa shape index (κ1) is 19.0. The molecule has 0 atom stereocenters. The van der Waals surface area contributed by atoms with Gasteiger partial charge in [-0.15, -0.1) is 0 Å². The molecule has 2 aromatic heterocycles. The van der Waals surface area contributed by atoms with Crippen LogP contribution in [0.3, 0.4) is 0 Å². The topological polar surface area (TPSA) is 71.3 Å². The zero-order valence-corrected chi connectivity index (χ0v) is 17.8. The molecule has 1 fully saturated rings. The zero-order chi connectivity index (χ0) is 21.8. The molecule has 32 heavy (non-hydrogen) atoms. The number of benzene rings is 2. The van der Waals surface area contributed by atoms with E-state index in [1.165, 1.54) is 4.57 Å². The van der Waals surface area contributed by atoms with E-state index in [9.17, 15) is 9.59 Å². The van der Waals surface area contributed by atoms with E-state index in [1.807, 2.05) is 24.3 Å². The number of pyridine rings is 1. The van der Waals surface area contributed by atoms with Gasteiger partial charge in [-0.1, -0.05) is 29.8 Å². The van der Waals surface area contributed by atoms with Crippen molar-refractivity contribution in [1.29, 1.82) is 0 Å². The molecule has 7 nitrogen and oxygen atoms in total. The van der Waals surface area contributed by atoms with Crippen molar-refractivity contribution >= 4 is 39.8 Å². The Morgan fingerprint density at radius 1 is 0.844 bits per heavy atom. The van der Waals surface area contributed by atoms with Crippen molar-refractivity contribution in [2.24, 2.45) is 0 Å². The van der Waals surface area contributed by atoms with Gasteiger partial charge in [0.15, 0.2) is 5.82 Å². The van der Waals surface area contributed by atoms with E-state index < -0.39 is 0 Å². The number of hydrogen-bond acceptors (Lipinski definition) is 6. The Labute approximate surface area is 188 Å². The quantitative estimate of drug-likeness (QED) is 0.417. The smallest absolute Gasteiger partial charge is 0.266 e. The lowest BCUT2D eigenvalue weighted by molar-refractivity contribution is 0.103. The Kier molecular flexibility index (Phi) is 4.26. The molecule has 8 heteroatoms. The van der Waals surface area contributed by atoms with Crippen LogP contribution in [0.5, 0.6) is 0 Å². The SMILES string of the molecule is O=C1c2c(ccc(Cl)c2N2CCN(c3ccccn3)CC2)-n2c1nc1ccccc1c2=O. The van der Waals surface area contributed by atoms with Crippen molar-refractivity contribution < 1.29 is 4.79 Å². The lowest BCUT2D eigenvalue weighted by atomic mass is 10.1. The number of aromatic nitrogens is 3. The molecule has 0 N–H and O–H groups in total. The van der Waals surface area contributed by atoms with Gasteiger partial charge in [-0.2, -0.15) is 0 Å². The predicted octanol–water partition coefficient (Wildman–Crippen LogP) is 3.31. The van der Waals surface area contributed by atoms with Crippen LogP contribution in [0.15, 0.2) is 65.6 Å². The van der Waals surface area contributed by atoms with Crippen LogP contribution in [0, 0.1) is 0 Å². The van der Waals surface area contributed by atoms with Gasteiger partial charge in [0.1, 0.15) is 5.82 Å². The molecule has 0 radical (unpaired) electrons. The number of para-hydroxylation sites is 1. The van der Waals surface area contributed by atoms with Gasteiger partial charge in [0.25, 0.3) is 5.56 Å². The van der Waals surface area contributed by atoms with Crippen molar-refractivity contribution in [3.05, 3.63) is 87.6 Å². The van der Waals surface area contributed by atoms with Gasteiger partial charge in [0.2, 0.25) is 5.78 Å². The van der Waals surface area contributed by atoms with Crippen LogP contribution in [0.1, 0.15) is 16.2 Å². The van der Waals surface area contributed by atoms with Crippen LogP contribution >= 0.6 is 11.6 Å². The summed E-state index contributed by atoms with van der Waals surface area (Å²) in [5.74, 6) is 0.800. The minimum Gasteiger partial charge on any atom is -0.366 e. The van der Waals surface area contributed by atoms with Gasteiger partial charge in [0.05, 0.1) is 32.9 Å². The third-order valence-electron chi connectivity index (χ3n) is 6.12. The summed E-state index contributed by atoms with van der Waals surface area (Å²) in [6.45, 7) is 2.86. The number of hydrogen-bond donors (Lipinski definition) is 0. The molecule has 0 unspecified atom stereocenters. The number of ketones is 1. The van der Waals surface area contributed by atoms with Crippen molar-refractivity contribution in [2.75, 3.05) is 36.0 Å². The maximum Gasteiger partial charge on any atom is 0.266 e. The predicted molar refractivity (Wildman–Crippen MR) is 124 cm³/mol. The van der Waals surface area contributed by atoms with Crippen molar-refractivity contribution in [3.8, 4) is 5.69 Å². The average Bonchev–Trinajstić information content (AvgIpc) is 3.12. The Morgan fingerprint density at radius 2 is 1.59 bits per heavy atom. The van der Waals surface area contributed by atoms with E-state index in [0.29, 0.717) is 46.0 Å². The molecule has 0 bridgehead atoms. The van der Waals surface area contributed by atoms with E-state index in [-0.39, 0.29) is 17.2 Å². The van der Waals surface area contributed by atoms with Crippen molar-refractivity contribution in [3.63, 3.8) is 0 Å². The van der Waals surface area contributed by atoms with Gasteiger partial charge in [0, 0.05) is 32.4 Å². The second-order valence-electron chi connectivity index (χ2n) is 7.87. The van der Waals surface area contributed by atoms with E-state index in [2.05, 4.69) is 19.8 Å². The minimum atomic E-state index is -0.271.